The number of hydrogen-bond donors (Lipinski definition) is 1. The summed E-state index contributed by atoms with van der Waals surface area (Å²) in [5, 5.41) is 2.06. The summed E-state index contributed by atoms with van der Waals surface area (Å²) in [5.74, 6) is 0. The number of hydrogen-bond acceptors (Lipinski definition) is 1. The SMILES string of the molecule is CC/C=c1/ccc(=O)[nH]/c1=C/CC. The zero-order chi connectivity index (χ0) is 9.68. The molecular weight excluding hydrogens is 162 g/mol. The van der Waals surface area contributed by atoms with Crippen molar-refractivity contribution in [3.05, 3.63) is 33.1 Å². The fraction of sp³-hybridized carbons (Fsp3) is 0.364. The first kappa shape index (κ1) is 9.78. The van der Waals surface area contributed by atoms with Crippen LogP contribution in [0.2, 0.25) is 0 Å². The van der Waals surface area contributed by atoms with Gasteiger partial charge in [-0.15, -0.1) is 0 Å². The molecule has 13 heavy (non-hydrogen) atoms. The first-order valence-electron chi connectivity index (χ1n) is 4.67. The number of pyridine rings is 1. The van der Waals surface area contributed by atoms with Crippen molar-refractivity contribution in [2.24, 2.45) is 0 Å². The van der Waals surface area contributed by atoms with E-state index in [0.29, 0.717) is 0 Å². The molecule has 1 aromatic heterocycles. The van der Waals surface area contributed by atoms with Gasteiger partial charge in [-0.1, -0.05) is 26.0 Å². The molecule has 0 spiro atoms. The van der Waals surface area contributed by atoms with Crippen LogP contribution in [-0.2, 0) is 0 Å². The minimum absolute atomic E-state index is 0.0343. The fourth-order valence-electron chi connectivity index (χ4n) is 1.27. The van der Waals surface area contributed by atoms with E-state index in [1.807, 2.05) is 12.1 Å². The van der Waals surface area contributed by atoms with Crippen LogP contribution in [0.4, 0.5) is 0 Å². The Bertz CT molecular complexity index is 428. The molecule has 0 fully saturated rings. The van der Waals surface area contributed by atoms with E-state index in [0.717, 1.165) is 23.4 Å². The summed E-state index contributed by atoms with van der Waals surface area (Å²) in [7, 11) is 0. The summed E-state index contributed by atoms with van der Waals surface area (Å²) in [5.41, 5.74) is -0.0343. The van der Waals surface area contributed by atoms with Crippen LogP contribution in [0, 0.1) is 0 Å². The fourth-order valence-corrected chi connectivity index (χ4v) is 1.27. The number of rotatable bonds is 2. The van der Waals surface area contributed by atoms with Crippen molar-refractivity contribution in [2.45, 2.75) is 26.7 Å². The number of aromatic amines is 1. The normalized spacial score (nSPS) is 13.7. The molecule has 0 saturated carbocycles. The number of H-pyrrole nitrogens is 1. The molecule has 1 heterocycles. The van der Waals surface area contributed by atoms with E-state index in [4.69, 9.17) is 0 Å². The molecule has 0 unspecified atom stereocenters. The Hall–Kier alpha value is -1.31. The Labute approximate surface area is 77.6 Å². The maximum absolute atomic E-state index is 11.0. The average Bonchev–Trinajstić information content (AvgIpc) is 2.10. The second kappa shape index (κ2) is 4.65. The van der Waals surface area contributed by atoms with E-state index in [9.17, 15) is 4.79 Å². The highest BCUT2D eigenvalue weighted by molar-refractivity contribution is 5.27. The number of aromatic nitrogens is 1. The average molecular weight is 177 g/mol. The van der Waals surface area contributed by atoms with Crippen molar-refractivity contribution in [1.29, 1.82) is 0 Å². The molecule has 0 radical (unpaired) electrons. The summed E-state index contributed by atoms with van der Waals surface area (Å²) < 4.78 is 0. The van der Waals surface area contributed by atoms with Crippen LogP contribution >= 0.6 is 0 Å². The molecule has 1 N–H and O–H groups in total. The van der Waals surface area contributed by atoms with Crippen molar-refractivity contribution in [1.82, 2.24) is 4.98 Å². The van der Waals surface area contributed by atoms with Gasteiger partial charge in [0.15, 0.2) is 0 Å². The van der Waals surface area contributed by atoms with Crippen molar-refractivity contribution in [2.75, 3.05) is 0 Å². The lowest BCUT2D eigenvalue weighted by Gasteiger charge is -1.89. The first-order chi connectivity index (χ1) is 6.27. The Morgan fingerprint density at radius 1 is 1.23 bits per heavy atom. The van der Waals surface area contributed by atoms with E-state index < -0.39 is 0 Å². The lowest BCUT2D eigenvalue weighted by atomic mass is 10.2. The molecular formula is C11H15NO. The lowest BCUT2D eigenvalue weighted by molar-refractivity contribution is 1.12. The Morgan fingerprint density at radius 3 is 2.54 bits per heavy atom. The lowest BCUT2D eigenvalue weighted by Crippen LogP contribution is -2.33. The molecule has 0 aliphatic rings. The molecule has 0 atom stereocenters. The smallest absolute Gasteiger partial charge is 0.248 e. The summed E-state index contributed by atoms with van der Waals surface area (Å²) in [4.78, 5) is 13.9. The maximum Gasteiger partial charge on any atom is 0.248 e. The third-order valence-electron chi connectivity index (χ3n) is 1.82. The Balaban J connectivity index is 3.45. The summed E-state index contributed by atoms with van der Waals surface area (Å²) in [6.07, 6.45) is 6.06. The molecule has 1 aromatic rings. The van der Waals surface area contributed by atoms with Crippen LogP contribution in [0.1, 0.15) is 26.7 Å². The van der Waals surface area contributed by atoms with Gasteiger partial charge in [-0.05, 0) is 24.1 Å². The van der Waals surface area contributed by atoms with Gasteiger partial charge in [0.1, 0.15) is 0 Å². The third-order valence-corrected chi connectivity index (χ3v) is 1.82. The van der Waals surface area contributed by atoms with Crippen LogP contribution in [-0.4, -0.2) is 4.98 Å². The summed E-state index contributed by atoms with van der Waals surface area (Å²) >= 11 is 0. The van der Waals surface area contributed by atoms with Gasteiger partial charge in [-0.3, -0.25) is 4.79 Å². The molecule has 0 aromatic carbocycles. The van der Waals surface area contributed by atoms with E-state index in [1.165, 1.54) is 0 Å². The second-order valence-electron chi connectivity index (χ2n) is 2.92. The standard InChI is InChI=1S/C11H15NO/c1-3-5-9-7-8-11(13)12-10(9)6-4-2/h5-8H,3-4H2,1-2H3,(H,12,13)/b9-5-,10-6+. The second-order valence-corrected chi connectivity index (χ2v) is 2.92. The zero-order valence-corrected chi connectivity index (χ0v) is 8.13. The van der Waals surface area contributed by atoms with Gasteiger partial charge in [0, 0.05) is 11.4 Å². The molecule has 0 saturated heterocycles. The van der Waals surface area contributed by atoms with Crippen molar-refractivity contribution >= 4 is 12.2 Å². The molecule has 1 rings (SSSR count). The van der Waals surface area contributed by atoms with Gasteiger partial charge < -0.3 is 4.98 Å². The minimum Gasteiger partial charge on any atom is -0.322 e. The molecule has 0 aliphatic carbocycles. The predicted octanol–water partition coefficient (Wildman–Crippen LogP) is 0.756. The van der Waals surface area contributed by atoms with Gasteiger partial charge in [0.25, 0.3) is 0 Å². The van der Waals surface area contributed by atoms with Crippen LogP contribution in [0.5, 0.6) is 0 Å². The molecule has 70 valence electrons. The predicted molar refractivity (Wildman–Crippen MR) is 55.8 cm³/mol. The highest BCUT2D eigenvalue weighted by atomic mass is 16.1. The summed E-state index contributed by atoms with van der Waals surface area (Å²) in [6, 6.07) is 3.43. The molecule has 2 nitrogen and oxygen atoms in total. The number of nitrogens with one attached hydrogen (secondary N) is 1. The van der Waals surface area contributed by atoms with Gasteiger partial charge in [-0.2, -0.15) is 0 Å². The molecule has 0 aliphatic heterocycles. The van der Waals surface area contributed by atoms with Crippen LogP contribution in [0.3, 0.4) is 0 Å². The van der Waals surface area contributed by atoms with E-state index in [-0.39, 0.29) is 5.56 Å². The van der Waals surface area contributed by atoms with Crippen LogP contribution in [0.25, 0.3) is 12.2 Å². The first-order valence-corrected chi connectivity index (χ1v) is 4.67. The van der Waals surface area contributed by atoms with Gasteiger partial charge in [0.2, 0.25) is 5.56 Å². The Kier molecular flexibility index (Phi) is 3.50. The quantitative estimate of drug-likeness (QED) is 0.710. The summed E-state index contributed by atoms with van der Waals surface area (Å²) in [6.45, 7) is 4.14. The van der Waals surface area contributed by atoms with Crippen LogP contribution < -0.4 is 16.1 Å². The highest BCUT2D eigenvalue weighted by Crippen LogP contribution is 1.75. The van der Waals surface area contributed by atoms with Crippen molar-refractivity contribution < 1.29 is 0 Å². The van der Waals surface area contributed by atoms with Crippen molar-refractivity contribution in [3.8, 4) is 0 Å². The van der Waals surface area contributed by atoms with Crippen LogP contribution in [0.15, 0.2) is 16.9 Å². The monoisotopic (exact) mass is 177 g/mol. The van der Waals surface area contributed by atoms with Gasteiger partial charge >= 0.3 is 0 Å². The molecule has 0 bridgehead atoms. The Morgan fingerprint density at radius 2 is 1.92 bits per heavy atom. The van der Waals surface area contributed by atoms with E-state index >= 15 is 0 Å². The van der Waals surface area contributed by atoms with Gasteiger partial charge in [-0.25, -0.2) is 0 Å². The van der Waals surface area contributed by atoms with E-state index in [1.54, 1.807) is 6.07 Å². The topological polar surface area (TPSA) is 32.9 Å². The van der Waals surface area contributed by atoms with Gasteiger partial charge in [0.05, 0.1) is 0 Å². The molecule has 0 amide bonds. The van der Waals surface area contributed by atoms with E-state index in [2.05, 4.69) is 24.9 Å². The largest absolute Gasteiger partial charge is 0.322 e. The molecule has 2 heteroatoms. The third kappa shape index (κ3) is 2.58. The highest BCUT2D eigenvalue weighted by Gasteiger charge is 1.85. The van der Waals surface area contributed by atoms with Crippen molar-refractivity contribution in [3.63, 3.8) is 0 Å². The maximum atomic E-state index is 11.0. The zero-order valence-electron chi connectivity index (χ0n) is 8.13. The minimum atomic E-state index is -0.0343.